The lowest BCUT2D eigenvalue weighted by atomic mass is 10.2. The lowest BCUT2D eigenvalue weighted by Crippen LogP contribution is -2.00. The average molecular weight is 166 g/mol. The number of nitrogens with zero attached hydrogens (tertiary/aromatic N) is 2. The Bertz CT molecular complexity index is 269. The van der Waals surface area contributed by atoms with E-state index in [2.05, 4.69) is 10.2 Å². The van der Waals surface area contributed by atoms with Crippen molar-refractivity contribution < 1.29 is 9.90 Å². The van der Waals surface area contributed by atoms with Gasteiger partial charge in [0.1, 0.15) is 0 Å². The number of carboxylic acid groups (broad SMARTS) is 1. The highest BCUT2D eigenvalue weighted by Crippen LogP contribution is 1.98. The van der Waals surface area contributed by atoms with Crippen LogP contribution in [0, 0.1) is 6.92 Å². The molecule has 0 saturated heterocycles. The molecule has 0 atom stereocenters. The highest BCUT2D eigenvalue weighted by molar-refractivity contribution is 5.66. The molecule has 0 spiro atoms. The van der Waals surface area contributed by atoms with Crippen molar-refractivity contribution in [3.8, 4) is 0 Å². The van der Waals surface area contributed by atoms with Gasteiger partial charge in [-0.05, 0) is 19.1 Å². The third-order valence-electron chi connectivity index (χ3n) is 1.45. The molecule has 1 rings (SSSR count). The summed E-state index contributed by atoms with van der Waals surface area (Å²) in [6.45, 7) is 1.84. The van der Waals surface area contributed by atoms with Crippen molar-refractivity contribution in [1.29, 1.82) is 0 Å². The van der Waals surface area contributed by atoms with Gasteiger partial charge in [-0.1, -0.05) is 0 Å². The summed E-state index contributed by atoms with van der Waals surface area (Å²) in [6.07, 6.45) is 0.556. The summed E-state index contributed by atoms with van der Waals surface area (Å²) in [5.41, 5.74) is 1.57. The Labute approximate surface area is 70.3 Å². The van der Waals surface area contributed by atoms with E-state index in [-0.39, 0.29) is 6.42 Å². The first-order valence-electron chi connectivity index (χ1n) is 3.69. The molecule has 0 fully saturated rings. The predicted octanol–water partition coefficient (Wildman–Crippen LogP) is 0.802. The van der Waals surface area contributed by atoms with Gasteiger partial charge in [0, 0.05) is 6.42 Å². The second-order valence-electron chi connectivity index (χ2n) is 2.56. The van der Waals surface area contributed by atoms with Crippen LogP contribution in [0.1, 0.15) is 17.8 Å². The molecule has 0 amide bonds. The van der Waals surface area contributed by atoms with Gasteiger partial charge in [-0.3, -0.25) is 4.79 Å². The fourth-order valence-electron chi connectivity index (χ4n) is 0.795. The van der Waals surface area contributed by atoms with Crippen molar-refractivity contribution in [2.45, 2.75) is 19.8 Å². The smallest absolute Gasteiger partial charge is 0.303 e. The number of aromatic nitrogens is 2. The van der Waals surface area contributed by atoms with Crippen LogP contribution in [0.15, 0.2) is 12.1 Å². The first kappa shape index (κ1) is 8.64. The molecule has 1 aromatic rings. The summed E-state index contributed by atoms with van der Waals surface area (Å²) < 4.78 is 0. The minimum atomic E-state index is -0.808. The zero-order valence-corrected chi connectivity index (χ0v) is 6.82. The van der Waals surface area contributed by atoms with E-state index in [4.69, 9.17) is 5.11 Å². The minimum Gasteiger partial charge on any atom is -0.481 e. The van der Waals surface area contributed by atoms with Crippen molar-refractivity contribution in [2.75, 3.05) is 0 Å². The highest BCUT2D eigenvalue weighted by Gasteiger charge is 1.99. The number of rotatable bonds is 3. The number of carbonyl (C=O) groups is 1. The molecule has 12 heavy (non-hydrogen) atoms. The topological polar surface area (TPSA) is 63.1 Å². The van der Waals surface area contributed by atoms with Crippen LogP contribution in [0.25, 0.3) is 0 Å². The van der Waals surface area contributed by atoms with E-state index in [1.165, 1.54) is 0 Å². The van der Waals surface area contributed by atoms with Crippen molar-refractivity contribution in [3.63, 3.8) is 0 Å². The van der Waals surface area contributed by atoms with Crippen molar-refractivity contribution >= 4 is 5.97 Å². The predicted molar refractivity (Wildman–Crippen MR) is 42.7 cm³/mol. The van der Waals surface area contributed by atoms with Gasteiger partial charge in [0.25, 0.3) is 0 Å². The van der Waals surface area contributed by atoms with E-state index in [0.29, 0.717) is 6.42 Å². The van der Waals surface area contributed by atoms with Gasteiger partial charge in [-0.15, -0.1) is 0 Å². The fraction of sp³-hybridized carbons (Fsp3) is 0.375. The van der Waals surface area contributed by atoms with E-state index in [0.717, 1.165) is 11.4 Å². The van der Waals surface area contributed by atoms with E-state index < -0.39 is 5.97 Å². The number of aliphatic carboxylic acids is 1. The van der Waals surface area contributed by atoms with E-state index >= 15 is 0 Å². The standard InChI is InChI=1S/C8H10N2O2/c1-6-2-3-7(10-9-6)4-5-8(11)12/h2-3H,4-5H2,1H3,(H,11,12). The molecule has 1 heterocycles. The molecule has 0 radical (unpaired) electrons. The van der Waals surface area contributed by atoms with Crippen LogP contribution in [0.3, 0.4) is 0 Å². The Kier molecular flexibility index (Phi) is 2.74. The van der Waals surface area contributed by atoms with E-state index in [1.807, 2.05) is 13.0 Å². The first-order valence-corrected chi connectivity index (χ1v) is 3.69. The normalized spacial score (nSPS) is 9.75. The Balaban J connectivity index is 2.53. The Hall–Kier alpha value is -1.45. The van der Waals surface area contributed by atoms with Gasteiger partial charge in [0.2, 0.25) is 0 Å². The third-order valence-corrected chi connectivity index (χ3v) is 1.45. The number of hydrogen-bond donors (Lipinski definition) is 1. The molecule has 4 nitrogen and oxygen atoms in total. The van der Waals surface area contributed by atoms with Crippen LogP contribution in [-0.2, 0) is 11.2 Å². The average Bonchev–Trinajstić information content (AvgIpc) is 2.03. The Morgan fingerprint density at radius 1 is 1.50 bits per heavy atom. The summed E-state index contributed by atoms with van der Waals surface area (Å²) >= 11 is 0. The monoisotopic (exact) mass is 166 g/mol. The molecule has 0 aliphatic carbocycles. The second kappa shape index (κ2) is 3.80. The zero-order valence-electron chi connectivity index (χ0n) is 6.82. The van der Waals surface area contributed by atoms with Gasteiger partial charge in [0.05, 0.1) is 17.8 Å². The van der Waals surface area contributed by atoms with Crippen LogP contribution in [0.2, 0.25) is 0 Å². The quantitative estimate of drug-likeness (QED) is 0.721. The van der Waals surface area contributed by atoms with E-state index in [1.54, 1.807) is 6.07 Å². The molecule has 0 bridgehead atoms. The molecule has 64 valence electrons. The van der Waals surface area contributed by atoms with Crippen LogP contribution >= 0.6 is 0 Å². The maximum absolute atomic E-state index is 10.2. The molecule has 0 aliphatic heterocycles. The summed E-state index contributed by atoms with van der Waals surface area (Å²) in [5.74, 6) is -0.808. The summed E-state index contributed by atoms with van der Waals surface area (Å²) in [7, 11) is 0. The molecule has 1 aromatic heterocycles. The van der Waals surface area contributed by atoms with Crippen LogP contribution in [0.5, 0.6) is 0 Å². The van der Waals surface area contributed by atoms with Crippen molar-refractivity contribution in [1.82, 2.24) is 10.2 Å². The molecule has 0 saturated carbocycles. The van der Waals surface area contributed by atoms with Gasteiger partial charge < -0.3 is 5.11 Å². The van der Waals surface area contributed by atoms with Gasteiger partial charge >= 0.3 is 5.97 Å². The van der Waals surface area contributed by atoms with Gasteiger partial charge in [-0.25, -0.2) is 0 Å². The van der Waals surface area contributed by atoms with E-state index in [9.17, 15) is 4.79 Å². The Morgan fingerprint density at radius 3 is 2.75 bits per heavy atom. The maximum atomic E-state index is 10.2. The molecule has 0 unspecified atom stereocenters. The second-order valence-corrected chi connectivity index (χ2v) is 2.56. The number of carboxylic acids is 1. The molecule has 4 heteroatoms. The molecular weight excluding hydrogens is 156 g/mol. The maximum Gasteiger partial charge on any atom is 0.303 e. The lowest BCUT2D eigenvalue weighted by Gasteiger charge is -1.95. The summed E-state index contributed by atoms with van der Waals surface area (Å²) in [4.78, 5) is 10.2. The molecule has 0 aliphatic rings. The molecule has 0 aromatic carbocycles. The Morgan fingerprint density at radius 2 is 2.25 bits per heavy atom. The zero-order chi connectivity index (χ0) is 8.97. The van der Waals surface area contributed by atoms with Crippen LogP contribution in [-0.4, -0.2) is 21.3 Å². The summed E-state index contributed by atoms with van der Waals surface area (Å²) in [5, 5.41) is 16.0. The first-order chi connectivity index (χ1) is 5.68. The number of hydrogen-bond acceptors (Lipinski definition) is 3. The third kappa shape index (κ3) is 2.65. The van der Waals surface area contributed by atoms with Gasteiger partial charge in [0.15, 0.2) is 0 Å². The lowest BCUT2D eigenvalue weighted by molar-refractivity contribution is -0.136. The number of aryl methyl sites for hydroxylation is 2. The summed E-state index contributed by atoms with van der Waals surface area (Å²) in [6, 6.07) is 3.62. The highest BCUT2D eigenvalue weighted by atomic mass is 16.4. The molecular formula is C8H10N2O2. The van der Waals surface area contributed by atoms with Gasteiger partial charge in [-0.2, -0.15) is 10.2 Å². The van der Waals surface area contributed by atoms with Crippen molar-refractivity contribution in [2.24, 2.45) is 0 Å². The van der Waals surface area contributed by atoms with Crippen molar-refractivity contribution in [3.05, 3.63) is 23.5 Å². The van der Waals surface area contributed by atoms with Crippen LogP contribution < -0.4 is 0 Å². The fourth-order valence-corrected chi connectivity index (χ4v) is 0.795. The largest absolute Gasteiger partial charge is 0.481 e. The van der Waals surface area contributed by atoms with Crippen LogP contribution in [0.4, 0.5) is 0 Å². The molecule has 1 N–H and O–H groups in total. The SMILES string of the molecule is Cc1ccc(CCC(=O)O)nn1. The minimum absolute atomic E-state index is 0.109.